The molecule has 2 aromatic carbocycles. The Hall–Kier alpha value is -3.71. The third-order valence-corrected chi connectivity index (χ3v) is 6.70. The third kappa shape index (κ3) is 4.19. The highest BCUT2D eigenvalue weighted by Gasteiger charge is 2.32. The van der Waals surface area contributed by atoms with Crippen LogP contribution in [0.25, 0.3) is 10.8 Å². The number of rotatable bonds is 8. The second-order valence-corrected chi connectivity index (χ2v) is 9.02. The minimum atomic E-state index is -0.303. The Kier molecular flexibility index (Phi) is 5.79. The number of furan rings is 1. The molecule has 3 amide bonds. The molecule has 5 rings (SSSR count). The second kappa shape index (κ2) is 9.03. The molecular formula is C26H22N2O4S. The molecular weight excluding hydrogens is 436 g/mol. The molecule has 0 atom stereocenters. The Labute approximate surface area is 195 Å². The maximum atomic E-state index is 13.1. The summed E-state index contributed by atoms with van der Waals surface area (Å²) in [5, 5.41) is 3.57. The van der Waals surface area contributed by atoms with Crippen molar-refractivity contribution in [2.75, 3.05) is 6.54 Å². The molecule has 3 heterocycles. The van der Waals surface area contributed by atoms with Crippen LogP contribution in [0.3, 0.4) is 0 Å². The standard InChI is InChI=1S/C26H22N2O4S/c29-23(27(16-19-8-4-14-32-19)17-20-9-5-15-33-20)12-3-13-28-25(30)21-10-1-6-18-7-2-11-22(24(18)21)26(28)31/h1-2,4-11,14-15H,3,12-13,16-17H2. The Morgan fingerprint density at radius 3 is 2.30 bits per heavy atom. The number of nitrogens with zero attached hydrogens (tertiary/aromatic N) is 2. The summed E-state index contributed by atoms with van der Waals surface area (Å²) in [5.41, 5.74) is 1.07. The van der Waals surface area contributed by atoms with E-state index >= 15 is 0 Å². The molecule has 0 fully saturated rings. The average Bonchev–Trinajstić information content (AvgIpc) is 3.53. The summed E-state index contributed by atoms with van der Waals surface area (Å²) in [6.07, 6.45) is 2.22. The minimum Gasteiger partial charge on any atom is -0.467 e. The van der Waals surface area contributed by atoms with Crippen molar-refractivity contribution in [3.8, 4) is 0 Å². The number of imide groups is 1. The van der Waals surface area contributed by atoms with Crippen molar-refractivity contribution >= 4 is 39.8 Å². The lowest BCUT2D eigenvalue weighted by molar-refractivity contribution is -0.132. The number of hydrogen-bond donors (Lipinski definition) is 0. The van der Waals surface area contributed by atoms with E-state index in [1.165, 1.54) is 4.90 Å². The van der Waals surface area contributed by atoms with Crippen LogP contribution in [0, 0.1) is 0 Å². The molecule has 0 N–H and O–H groups in total. The highest BCUT2D eigenvalue weighted by Crippen LogP contribution is 2.30. The highest BCUT2D eigenvalue weighted by atomic mass is 32.1. The first-order chi connectivity index (χ1) is 16.1. The van der Waals surface area contributed by atoms with Crippen LogP contribution >= 0.6 is 11.3 Å². The minimum absolute atomic E-state index is 0.0424. The van der Waals surface area contributed by atoms with E-state index in [1.54, 1.807) is 40.7 Å². The summed E-state index contributed by atoms with van der Waals surface area (Å²) in [6, 6.07) is 18.6. The van der Waals surface area contributed by atoms with Crippen molar-refractivity contribution in [2.45, 2.75) is 25.9 Å². The van der Waals surface area contributed by atoms with Crippen molar-refractivity contribution in [1.82, 2.24) is 9.80 Å². The molecule has 1 aliphatic rings. The number of benzene rings is 2. The molecule has 0 aliphatic carbocycles. The molecule has 4 aromatic rings. The monoisotopic (exact) mass is 458 g/mol. The van der Waals surface area contributed by atoms with Gasteiger partial charge in [-0.1, -0.05) is 30.3 Å². The van der Waals surface area contributed by atoms with Gasteiger partial charge in [0.25, 0.3) is 11.8 Å². The average molecular weight is 459 g/mol. The van der Waals surface area contributed by atoms with Gasteiger partial charge >= 0.3 is 0 Å². The van der Waals surface area contributed by atoms with Gasteiger partial charge in [-0.2, -0.15) is 0 Å². The second-order valence-electron chi connectivity index (χ2n) is 7.98. The molecule has 0 saturated heterocycles. The lowest BCUT2D eigenvalue weighted by Crippen LogP contribution is -2.41. The fourth-order valence-electron chi connectivity index (χ4n) is 4.24. The van der Waals surface area contributed by atoms with E-state index < -0.39 is 0 Å². The first-order valence-corrected chi connectivity index (χ1v) is 11.7. The molecule has 0 bridgehead atoms. The van der Waals surface area contributed by atoms with Crippen LogP contribution in [0.15, 0.2) is 76.7 Å². The zero-order chi connectivity index (χ0) is 22.8. The van der Waals surface area contributed by atoms with Gasteiger partial charge in [-0.05, 0) is 47.5 Å². The van der Waals surface area contributed by atoms with Crippen LogP contribution < -0.4 is 0 Å². The molecule has 1 aliphatic heterocycles. The fourth-order valence-corrected chi connectivity index (χ4v) is 4.96. The molecule has 7 heteroatoms. The lowest BCUT2D eigenvalue weighted by Gasteiger charge is -2.27. The first kappa shape index (κ1) is 21.2. The van der Waals surface area contributed by atoms with Crippen LogP contribution in [0.5, 0.6) is 0 Å². The molecule has 0 saturated carbocycles. The van der Waals surface area contributed by atoms with Crippen LogP contribution in [0.1, 0.15) is 44.2 Å². The smallest absolute Gasteiger partial charge is 0.261 e. The van der Waals surface area contributed by atoms with Crippen molar-refractivity contribution in [2.24, 2.45) is 0 Å². The van der Waals surface area contributed by atoms with E-state index in [0.29, 0.717) is 41.8 Å². The van der Waals surface area contributed by atoms with Crippen molar-refractivity contribution in [3.05, 3.63) is 94.1 Å². The zero-order valence-corrected chi connectivity index (χ0v) is 18.7. The zero-order valence-electron chi connectivity index (χ0n) is 17.9. The summed E-state index contributed by atoms with van der Waals surface area (Å²) >= 11 is 1.60. The van der Waals surface area contributed by atoms with Crippen LogP contribution in [0.4, 0.5) is 0 Å². The Morgan fingerprint density at radius 1 is 0.909 bits per heavy atom. The van der Waals surface area contributed by atoms with Gasteiger partial charge < -0.3 is 9.32 Å². The van der Waals surface area contributed by atoms with Crippen molar-refractivity contribution in [3.63, 3.8) is 0 Å². The van der Waals surface area contributed by atoms with Gasteiger partial charge in [-0.3, -0.25) is 19.3 Å². The van der Waals surface area contributed by atoms with E-state index in [2.05, 4.69) is 0 Å². The van der Waals surface area contributed by atoms with Gasteiger partial charge in [0.2, 0.25) is 5.91 Å². The molecule has 166 valence electrons. The normalized spacial score (nSPS) is 13.0. The number of amides is 3. The molecule has 2 aromatic heterocycles. The highest BCUT2D eigenvalue weighted by molar-refractivity contribution is 7.09. The number of carbonyl (C=O) groups excluding carboxylic acids is 3. The van der Waals surface area contributed by atoms with Gasteiger partial charge in [0.15, 0.2) is 0 Å². The largest absolute Gasteiger partial charge is 0.467 e. The van der Waals surface area contributed by atoms with Gasteiger partial charge in [0.05, 0.1) is 19.4 Å². The predicted octanol–water partition coefficient (Wildman–Crippen LogP) is 5.10. The predicted molar refractivity (Wildman–Crippen MR) is 126 cm³/mol. The van der Waals surface area contributed by atoms with Crippen LogP contribution in [-0.2, 0) is 17.9 Å². The van der Waals surface area contributed by atoms with E-state index in [9.17, 15) is 14.4 Å². The Morgan fingerprint density at radius 2 is 1.67 bits per heavy atom. The third-order valence-electron chi connectivity index (χ3n) is 5.83. The van der Waals surface area contributed by atoms with Gasteiger partial charge in [0, 0.05) is 34.4 Å². The summed E-state index contributed by atoms with van der Waals surface area (Å²) < 4.78 is 5.43. The summed E-state index contributed by atoms with van der Waals surface area (Å²) in [6.45, 7) is 1.07. The fraction of sp³-hybridized carbons (Fsp3) is 0.192. The van der Waals surface area contributed by atoms with Gasteiger partial charge in [-0.15, -0.1) is 11.3 Å². The summed E-state index contributed by atoms with van der Waals surface area (Å²) in [4.78, 5) is 43.2. The first-order valence-electron chi connectivity index (χ1n) is 10.8. The topological polar surface area (TPSA) is 70.8 Å². The Balaban J connectivity index is 1.27. The van der Waals surface area contributed by atoms with E-state index in [1.807, 2.05) is 47.8 Å². The van der Waals surface area contributed by atoms with Gasteiger partial charge in [-0.25, -0.2) is 0 Å². The molecule has 6 nitrogen and oxygen atoms in total. The van der Waals surface area contributed by atoms with E-state index in [4.69, 9.17) is 4.42 Å². The number of carbonyl (C=O) groups is 3. The maximum Gasteiger partial charge on any atom is 0.261 e. The number of hydrogen-bond acceptors (Lipinski definition) is 5. The molecule has 0 spiro atoms. The van der Waals surface area contributed by atoms with Gasteiger partial charge in [0.1, 0.15) is 5.76 Å². The van der Waals surface area contributed by atoms with Crippen LogP contribution in [-0.4, -0.2) is 34.1 Å². The number of thiophene rings is 1. The molecule has 0 radical (unpaired) electrons. The van der Waals surface area contributed by atoms with Crippen molar-refractivity contribution < 1.29 is 18.8 Å². The maximum absolute atomic E-state index is 13.1. The Bertz CT molecular complexity index is 1220. The summed E-state index contributed by atoms with van der Waals surface area (Å²) in [5.74, 6) is 0.0655. The lowest BCUT2D eigenvalue weighted by atomic mass is 9.94. The molecule has 33 heavy (non-hydrogen) atoms. The summed E-state index contributed by atoms with van der Waals surface area (Å²) in [7, 11) is 0. The van der Waals surface area contributed by atoms with Crippen molar-refractivity contribution in [1.29, 1.82) is 0 Å². The molecule has 0 unspecified atom stereocenters. The quantitative estimate of drug-likeness (QED) is 0.345. The SMILES string of the molecule is O=C(CCCN1C(=O)c2cccc3cccc(c23)C1=O)N(Cc1ccco1)Cc1cccs1. The van der Waals surface area contributed by atoms with E-state index in [0.717, 1.165) is 10.3 Å². The van der Waals surface area contributed by atoms with Crippen LogP contribution in [0.2, 0.25) is 0 Å². The van der Waals surface area contributed by atoms with E-state index in [-0.39, 0.29) is 30.7 Å².